The van der Waals surface area contributed by atoms with Gasteiger partial charge >= 0.3 is 0 Å². The van der Waals surface area contributed by atoms with Gasteiger partial charge < -0.3 is 5.32 Å². The third-order valence-electron chi connectivity index (χ3n) is 3.51. The van der Waals surface area contributed by atoms with Crippen LogP contribution in [0.15, 0.2) is 0 Å². The molecule has 17 heavy (non-hydrogen) atoms. The van der Waals surface area contributed by atoms with Gasteiger partial charge in [0, 0.05) is 12.1 Å². The second kappa shape index (κ2) is 6.71. The molecular weight excluding hydrogens is 236 g/mol. The highest BCUT2D eigenvalue weighted by Gasteiger charge is 2.37. The molecule has 0 bridgehead atoms. The lowest BCUT2D eigenvalue weighted by atomic mass is 10.2. The van der Waals surface area contributed by atoms with E-state index in [1.807, 2.05) is 13.8 Å². The van der Waals surface area contributed by atoms with Gasteiger partial charge in [0.15, 0.2) is 0 Å². The van der Waals surface area contributed by atoms with Crippen molar-refractivity contribution in [3.63, 3.8) is 0 Å². The van der Waals surface area contributed by atoms with E-state index < -0.39 is 10.0 Å². The van der Waals surface area contributed by atoms with E-state index in [4.69, 9.17) is 0 Å². The smallest absolute Gasteiger partial charge is 0.214 e. The SMILES string of the molecule is CCNCCCS(=O)(=O)N1C(C)CCC1CC. The Kier molecular flexibility index (Phi) is 5.89. The summed E-state index contributed by atoms with van der Waals surface area (Å²) in [6.07, 6.45) is 3.65. The van der Waals surface area contributed by atoms with E-state index in [1.165, 1.54) is 0 Å². The Hall–Kier alpha value is -0.130. The van der Waals surface area contributed by atoms with Crippen LogP contribution < -0.4 is 5.32 Å². The van der Waals surface area contributed by atoms with Crippen LogP contribution in [0.25, 0.3) is 0 Å². The topological polar surface area (TPSA) is 49.4 Å². The van der Waals surface area contributed by atoms with Gasteiger partial charge in [-0.3, -0.25) is 0 Å². The zero-order valence-electron chi connectivity index (χ0n) is 11.3. The first-order valence-corrected chi connectivity index (χ1v) is 8.35. The molecule has 4 nitrogen and oxygen atoms in total. The number of sulfonamides is 1. The molecule has 0 aromatic rings. The molecule has 2 unspecified atom stereocenters. The first kappa shape index (κ1) is 14.9. The van der Waals surface area contributed by atoms with Gasteiger partial charge in [0.2, 0.25) is 10.0 Å². The van der Waals surface area contributed by atoms with E-state index in [9.17, 15) is 8.42 Å². The minimum atomic E-state index is -3.06. The maximum absolute atomic E-state index is 12.3. The largest absolute Gasteiger partial charge is 0.317 e. The molecule has 1 heterocycles. The lowest BCUT2D eigenvalue weighted by Gasteiger charge is -2.27. The molecule has 0 amide bonds. The van der Waals surface area contributed by atoms with Gasteiger partial charge in [0.05, 0.1) is 5.75 Å². The van der Waals surface area contributed by atoms with Crippen LogP contribution in [0.2, 0.25) is 0 Å². The Morgan fingerprint density at radius 2 is 2.00 bits per heavy atom. The summed E-state index contributed by atoms with van der Waals surface area (Å²) in [6, 6.07) is 0.415. The number of nitrogens with zero attached hydrogens (tertiary/aromatic N) is 1. The van der Waals surface area contributed by atoms with Crippen LogP contribution in [0.1, 0.15) is 46.5 Å². The second-order valence-electron chi connectivity index (χ2n) is 4.84. The standard InChI is InChI=1S/C12H26N2O2S/c1-4-12-8-7-11(3)14(12)17(15,16)10-6-9-13-5-2/h11-13H,4-10H2,1-3H3. The fourth-order valence-electron chi connectivity index (χ4n) is 2.60. The first-order valence-electron chi connectivity index (χ1n) is 6.74. The summed E-state index contributed by atoms with van der Waals surface area (Å²) in [4.78, 5) is 0. The lowest BCUT2D eigenvalue weighted by Crippen LogP contribution is -2.41. The molecule has 1 saturated heterocycles. The number of rotatable bonds is 7. The third kappa shape index (κ3) is 3.93. The minimum absolute atomic E-state index is 0.184. The van der Waals surface area contributed by atoms with Crippen LogP contribution in [-0.2, 0) is 10.0 Å². The average molecular weight is 262 g/mol. The van der Waals surface area contributed by atoms with Gasteiger partial charge in [-0.1, -0.05) is 13.8 Å². The molecule has 0 aliphatic carbocycles. The molecule has 1 aliphatic heterocycles. The first-order chi connectivity index (χ1) is 8.03. The van der Waals surface area contributed by atoms with Gasteiger partial charge in [0.1, 0.15) is 0 Å². The normalized spacial score (nSPS) is 26.5. The molecule has 102 valence electrons. The van der Waals surface area contributed by atoms with E-state index in [2.05, 4.69) is 12.2 Å². The maximum Gasteiger partial charge on any atom is 0.214 e. The van der Waals surface area contributed by atoms with E-state index in [0.717, 1.165) is 32.4 Å². The lowest BCUT2D eigenvalue weighted by molar-refractivity contribution is 0.328. The van der Waals surface area contributed by atoms with Crippen molar-refractivity contribution in [1.82, 2.24) is 9.62 Å². The summed E-state index contributed by atoms with van der Waals surface area (Å²) in [7, 11) is -3.06. The second-order valence-corrected chi connectivity index (χ2v) is 6.84. The molecule has 2 atom stereocenters. The molecule has 1 fully saturated rings. The Bertz CT molecular complexity index is 316. The van der Waals surface area contributed by atoms with Gasteiger partial charge in [-0.25, -0.2) is 8.42 Å². The van der Waals surface area contributed by atoms with Crippen molar-refractivity contribution < 1.29 is 8.42 Å². The van der Waals surface area contributed by atoms with Gasteiger partial charge in [-0.2, -0.15) is 4.31 Å². The third-order valence-corrected chi connectivity index (χ3v) is 5.62. The Morgan fingerprint density at radius 3 is 2.59 bits per heavy atom. The van der Waals surface area contributed by atoms with E-state index in [-0.39, 0.29) is 17.8 Å². The number of hydrogen-bond donors (Lipinski definition) is 1. The Morgan fingerprint density at radius 1 is 1.29 bits per heavy atom. The van der Waals surface area contributed by atoms with Crippen LogP contribution in [0, 0.1) is 0 Å². The van der Waals surface area contributed by atoms with Crippen LogP contribution in [0.3, 0.4) is 0 Å². The van der Waals surface area contributed by atoms with Crippen molar-refractivity contribution in [1.29, 1.82) is 0 Å². The fourth-order valence-corrected chi connectivity index (χ4v) is 4.68. The minimum Gasteiger partial charge on any atom is -0.317 e. The van der Waals surface area contributed by atoms with Crippen molar-refractivity contribution in [2.75, 3.05) is 18.8 Å². The van der Waals surface area contributed by atoms with Crippen molar-refractivity contribution in [3.8, 4) is 0 Å². The molecule has 0 radical (unpaired) electrons. The monoisotopic (exact) mass is 262 g/mol. The highest BCUT2D eigenvalue weighted by molar-refractivity contribution is 7.89. The summed E-state index contributed by atoms with van der Waals surface area (Å²) >= 11 is 0. The average Bonchev–Trinajstić information content (AvgIpc) is 2.66. The van der Waals surface area contributed by atoms with Crippen molar-refractivity contribution in [3.05, 3.63) is 0 Å². The highest BCUT2D eigenvalue weighted by atomic mass is 32.2. The Labute approximate surface area is 106 Å². The van der Waals surface area contributed by atoms with Crippen LogP contribution in [-0.4, -0.2) is 43.6 Å². The molecule has 0 spiro atoms. The van der Waals surface area contributed by atoms with Crippen LogP contribution >= 0.6 is 0 Å². The molecule has 5 heteroatoms. The Balaban J connectivity index is 2.55. The quantitative estimate of drug-likeness (QED) is 0.709. The van der Waals surface area contributed by atoms with Crippen molar-refractivity contribution in [2.45, 2.75) is 58.5 Å². The van der Waals surface area contributed by atoms with E-state index in [1.54, 1.807) is 4.31 Å². The van der Waals surface area contributed by atoms with Crippen LogP contribution in [0.5, 0.6) is 0 Å². The zero-order chi connectivity index (χ0) is 12.9. The molecule has 0 aromatic heterocycles. The molecule has 0 saturated carbocycles. The van der Waals surface area contributed by atoms with E-state index >= 15 is 0 Å². The number of hydrogen-bond acceptors (Lipinski definition) is 3. The molecule has 1 N–H and O–H groups in total. The van der Waals surface area contributed by atoms with Crippen molar-refractivity contribution in [2.24, 2.45) is 0 Å². The fraction of sp³-hybridized carbons (Fsp3) is 1.00. The number of nitrogens with one attached hydrogen (secondary N) is 1. The van der Waals surface area contributed by atoms with Gasteiger partial charge in [-0.15, -0.1) is 0 Å². The van der Waals surface area contributed by atoms with Gasteiger partial charge in [0.25, 0.3) is 0 Å². The maximum atomic E-state index is 12.3. The van der Waals surface area contributed by atoms with E-state index in [0.29, 0.717) is 6.42 Å². The predicted molar refractivity (Wildman–Crippen MR) is 71.6 cm³/mol. The molecule has 0 aromatic carbocycles. The highest BCUT2D eigenvalue weighted by Crippen LogP contribution is 2.29. The summed E-state index contributed by atoms with van der Waals surface area (Å²) in [5, 5.41) is 3.16. The van der Waals surface area contributed by atoms with Crippen molar-refractivity contribution >= 4 is 10.0 Å². The van der Waals surface area contributed by atoms with Gasteiger partial charge in [-0.05, 0) is 45.7 Å². The molecule has 1 rings (SSSR count). The predicted octanol–water partition coefficient (Wildman–Crippen LogP) is 1.58. The summed E-state index contributed by atoms with van der Waals surface area (Å²) in [6.45, 7) is 7.82. The molecular formula is C12H26N2O2S. The molecule has 1 aliphatic rings. The summed E-state index contributed by atoms with van der Waals surface area (Å²) < 4.78 is 26.3. The zero-order valence-corrected chi connectivity index (χ0v) is 12.1. The van der Waals surface area contributed by atoms with Crippen LogP contribution in [0.4, 0.5) is 0 Å². The summed E-state index contributed by atoms with van der Waals surface area (Å²) in [5.41, 5.74) is 0. The summed E-state index contributed by atoms with van der Waals surface area (Å²) in [5.74, 6) is 0.279.